The SMILES string of the molecule is CC1CCCCC1NC(=NCC(=O)N(C)C)NCc1ncc(C(C)(C)C)o1.I. The lowest BCUT2D eigenvalue weighted by Crippen LogP contribution is -2.47. The number of aliphatic imine (C=N–C) groups is 1. The minimum atomic E-state index is -0.0733. The maximum Gasteiger partial charge on any atom is 0.243 e. The van der Waals surface area contributed by atoms with Crippen molar-refractivity contribution in [1.82, 2.24) is 20.5 Å². The number of nitrogens with one attached hydrogen (secondary N) is 2. The van der Waals surface area contributed by atoms with Crippen LogP contribution in [0.15, 0.2) is 15.6 Å². The fourth-order valence-corrected chi connectivity index (χ4v) is 3.05. The molecule has 2 rings (SSSR count). The van der Waals surface area contributed by atoms with Crippen LogP contribution < -0.4 is 10.6 Å². The molecule has 2 atom stereocenters. The molecule has 1 amide bonds. The van der Waals surface area contributed by atoms with Crippen LogP contribution in [-0.4, -0.2) is 48.4 Å². The number of nitrogens with zero attached hydrogens (tertiary/aromatic N) is 3. The summed E-state index contributed by atoms with van der Waals surface area (Å²) in [6.07, 6.45) is 6.62. The first kappa shape index (κ1) is 24.7. The predicted molar refractivity (Wildman–Crippen MR) is 123 cm³/mol. The van der Waals surface area contributed by atoms with Crippen LogP contribution in [0.5, 0.6) is 0 Å². The second-order valence-corrected chi connectivity index (χ2v) is 8.69. The quantitative estimate of drug-likeness (QED) is 0.365. The molecule has 8 heteroatoms. The van der Waals surface area contributed by atoms with Crippen LogP contribution in [0.1, 0.15) is 65.0 Å². The van der Waals surface area contributed by atoms with Gasteiger partial charge in [0.1, 0.15) is 12.3 Å². The van der Waals surface area contributed by atoms with Crippen LogP contribution in [0.4, 0.5) is 0 Å². The number of aromatic nitrogens is 1. The number of amides is 1. The largest absolute Gasteiger partial charge is 0.443 e. The molecule has 1 aromatic heterocycles. The number of hydrogen-bond acceptors (Lipinski definition) is 4. The molecule has 7 nitrogen and oxygen atoms in total. The Morgan fingerprint density at radius 2 is 2.00 bits per heavy atom. The second kappa shape index (κ2) is 11.0. The van der Waals surface area contributed by atoms with Gasteiger partial charge in [0.05, 0.1) is 12.7 Å². The van der Waals surface area contributed by atoms with E-state index in [2.05, 4.69) is 48.3 Å². The molecule has 1 fully saturated rings. The van der Waals surface area contributed by atoms with Gasteiger partial charge in [-0.2, -0.15) is 0 Å². The van der Waals surface area contributed by atoms with Gasteiger partial charge in [0.25, 0.3) is 0 Å². The Labute approximate surface area is 186 Å². The van der Waals surface area contributed by atoms with Crippen molar-refractivity contribution in [2.45, 2.75) is 71.4 Å². The van der Waals surface area contributed by atoms with Gasteiger partial charge in [-0.05, 0) is 18.8 Å². The maximum atomic E-state index is 11.9. The molecule has 0 radical (unpaired) electrons. The standard InChI is InChI=1S/C20H35N5O2.HI/c1-14-9-7-8-10-15(14)24-19(23-13-18(26)25(5)6)22-12-17-21-11-16(27-17)20(2,3)4;/h11,14-15H,7-10,12-13H2,1-6H3,(H2,22,23,24);1H. The van der Waals surface area contributed by atoms with E-state index in [9.17, 15) is 4.79 Å². The highest BCUT2D eigenvalue weighted by molar-refractivity contribution is 14.0. The van der Waals surface area contributed by atoms with Gasteiger partial charge >= 0.3 is 0 Å². The Morgan fingerprint density at radius 3 is 2.57 bits per heavy atom. The summed E-state index contributed by atoms with van der Waals surface area (Å²) < 4.78 is 5.84. The third-order valence-electron chi connectivity index (χ3n) is 5.00. The van der Waals surface area contributed by atoms with Crippen LogP contribution in [0.3, 0.4) is 0 Å². The summed E-state index contributed by atoms with van der Waals surface area (Å²) >= 11 is 0. The van der Waals surface area contributed by atoms with Gasteiger partial charge in [-0.25, -0.2) is 9.98 Å². The fourth-order valence-electron chi connectivity index (χ4n) is 3.05. The first-order chi connectivity index (χ1) is 12.7. The predicted octanol–water partition coefficient (Wildman–Crippen LogP) is 3.29. The van der Waals surface area contributed by atoms with E-state index in [0.717, 1.165) is 12.2 Å². The molecule has 1 saturated carbocycles. The molecule has 1 aliphatic rings. The van der Waals surface area contributed by atoms with Gasteiger partial charge in [0.2, 0.25) is 11.8 Å². The van der Waals surface area contributed by atoms with E-state index < -0.39 is 0 Å². The molecule has 28 heavy (non-hydrogen) atoms. The zero-order chi connectivity index (χ0) is 20.0. The molecule has 1 aromatic rings. The van der Waals surface area contributed by atoms with E-state index in [1.54, 1.807) is 25.2 Å². The lowest BCUT2D eigenvalue weighted by Gasteiger charge is -2.30. The molecule has 1 aliphatic carbocycles. The van der Waals surface area contributed by atoms with Crippen molar-refractivity contribution >= 4 is 35.8 Å². The van der Waals surface area contributed by atoms with Crippen molar-refractivity contribution in [1.29, 1.82) is 0 Å². The van der Waals surface area contributed by atoms with E-state index in [-0.39, 0.29) is 41.8 Å². The Balaban J connectivity index is 0.00000392. The molecule has 1 heterocycles. The average molecular weight is 505 g/mol. The highest BCUT2D eigenvalue weighted by atomic mass is 127. The van der Waals surface area contributed by atoms with Gasteiger partial charge in [0.15, 0.2) is 5.96 Å². The number of likely N-dealkylation sites (N-methyl/N-ethyl adjacent to an activating group) is 1. The number of hydrogen-bond donors (Lipinski definition) is 2. The monoisotopic (exact) mass is 505 g/mol. The smallest absolute Gasteiger partial charge is 0.243 e. The molecule has 2 N–H and O–H groups in total. The molecule has 2 unspecified atom stereocenters. The van der Waals surface area contributed by atoms with Crippen LogP contribution in [-0.2, 0) is 16.8 Å². The minimum absolute atomic E-state index is 0. The lowest BCUT2D eigenvalue weighted by molar-refractivity contribution is -0.127. The number of guanidine groups is 1. The maximum absolute atomic E-state index is 11.9. The number of oxazole rings is 1. The second-order valence-electron chi connectivity index (χ2n) is 8.69. The van der Waals surface area contributed by atoms with Gasteiger partial charge < -0.3 is 20.0 Å². The van der Waals surface area contributed by atoms with E-state index in [4.69, 9.17) is 4.42 Å². The summed E-state index contributed by atoms with van der Waals surface area (Å²) in [5.74, 6) is 2.67. The summed E-state index contributed by atoms with van der Waals surface area (Å²) in [7, 11) is 3.48. The average Bonchev–Trinajstić information content (AvgIpc) is 3.08. The number of halogens is 1. The van der Waals surface area contributed by atoms with Crippen molar-refractivity contribution in [3.63, 3.8) is 0 Å². The highest BCUT2D eigenvalue weighted by Crippen LogP contribution is 2.24. The topological polar surface area (TPSA) is 82.8 Å². The van der Waals surface area contributed by atoms with Gasteiger partial charge in [0, 0.05) is 25.6 Å². The number of carbonyl (C=O) groups excluding carboxylic acids is 1. The van der Waals surface area contributed by atoms with Crippen molar-refractivity contribution in [3.05, 3.63) is 17.8 Å². The lowest BCUT2D eigenvalue weighted by atomic mass is 9.86. The van der Waals surface area contributed by atoms with Gasteiger partial charge in [-0.3, -0.25) is 4.79 Å². The molecule has 0 bridgehead atoms. The third kappa shape index (κ3) is 7.60. The van der Waals surface area contributed by atoms with Crippen LogP contribution in [0, 0.1) is 5.92 Å². The molecule has 0 spiro atoms. The van der Waals surface area contributed by atoms with Crippen LogP contribution >= 0.6 is 24.0 Å². The van der Waals surface area contributed by atoms with E-state index in [1.807, 2.05) is 0 Å². The Bertz CT molecular complexity index is 651. The van der Waals surface area contributed by atoms with Crippen molar-refractivity contribution in [2.75, 3.05) is 20.6 Å². The van der Waals surface area contributed by atoms with E-state index in [1.165, 1.54) is 19.3 Å². The summed E-state index contributed by atoms with van der Waals surface area (Å²) in [4.78, 5) is 22.3. The summed E-state index contributed by atoms with van der Waals surface area (Å²) in [5, 5.41) is 6.78. The molecule has 160 valence electrons. The molecule has 0 aliphatic heterocycles. The highest BCUT2D eigenvalue weighted by Gasteiger charge is 2.23. The Morgan fingerprint density at radius 1 is 1.32 bits per heavy atom. The Kier molecular flexibility index (Phi) is 9.73. The summed E-state index contributed by atoms with van der Waals surface area (Å²) in [6.45, 7) is 9.09. The molecule has 0 aromatic carbocycles. The van der Waals surface area contributed by atoms with E-state index >= 15 is 0 Å². The summed E-state index contributed by atoms with van der Waals surface area (Å²) in [5.41, 5.74) is -0.0733. The molecular formula is C20H36IN5O2. The zero-order valence-corrected chi connectivity index (χ0v) is 20.4. The van der Waals surface area contributed by atoms with Crippen molar-refractivity contribution < 1.29 is 9.21 Å². The fraction of sp³-hybridized carbons (Fsp3) is 0.750. The van der Waals surface area contributed by atoms with Crippen LogP contribution in [0.2, 0.25) is 0 Å². The third-order valence-corrected chi connectivity index (χ3v) is 5.00. The molecule has 0 saturated heterocycles. The summed E-state index contributed by atoms with van der Waals surface area (Å²) in [6, 6.07) is 0.370. The number of carbonyl (C=O) groups is 1. The first-order valence-corrected chi connectivity index (χ1v) is 9.87. The first-order valence-electron chi connectivity index (χ1n) is 9.87. The van der Waals surface area contributed by atoms with E-state index in [0.29, 0.717) is 30.4 Å². The number of rotatable bonds is 5. The minimum Gasteiger partial charge on any atom is -0.443 e. The molecular weight excluding hydrogens is 469 g/mol. The Hall–Kier alpha value is -1.32. The van der Waals surface area contributed by atoms with Gasteiger partial charge in [-0.1, -0.05) is 40.5 Å². The van der Waals surface area contributed by atoms with Gasteiger partial charge in [-0.15, -0.1) is 24.0 Å². The van der Waals surface area contributed by atoms with Crippen molar-refractivity contribution in [2.24, 2.45) is 10.9 Å². The normalized spacial score (nSPS) is 20.3. The van der Waals surface area contributed by atoms with Crippen molar-refractivity contribution in [3.8, 4) is 0 Å². The van der Waals surface area contributed by atoms with Crippen LogP contribution in [0.25, 0.3) is 0 Å². The zero-order valence-electron chi connectivity index (χ0n) is 18.0.